The molecule has 31 heavy (non-hydrogen) atoms. The van der Waals surface area contributed by atoms with Crippen molar-refractivity contribution in [1.29, 1.82) is 0 Å². The summed E-state index contributed by atoms with van der Waals surface area (Å²) in [5.41, 5.74) is 3.58. The van der Waals surface area contributed by atoms with E-state index in [9.17, 15) is 5.11 Å². The minimum Gasteiger partial charge on any atom is -0.495 e. The number of aliphatic hydroxyl groups excluding tert-OH is 1. The number of benzene rings is 2. The molecule has 0 radical (unpaired) electrons. The van der Waals surface area contributed by atoms with Crippen LogP contribution in [0.4, 0.5) is 0 Å². The van der Waals surface area contributed by atoms with Gasteiger partial charge in [-0.25, -0.2) is 0 Å². The molecule has 5 nitrogen and oxygen atoms in total. The standard InChI is InChI=1S/C23H30ClNO4.C2H6/c1-16-17(2)21(29-13-12-26)7-4-18(16)15-25-10-8-23(27,9-11-25)19-5-6-20(24)22(14-19)28-3;1-2/h4-7,14,26-27H,8-13,15H2,1-3H3;1-2H3. The molecule has 3 rings (SSSR count). The third-order valence-electron chi connectivity index (χ3n) is 5.96. The highest BCUT2D eigenvalue weighted by Gasteiger charge is 2.34. The van der Waals surface area contributed by atoms with Gasteiger partial charge in [0.1, 0.15) is 18.1 Å². The highest BCUT2D eigenvalue weighted by atomic mass is 35.5. The van der Waals surface area contributed by atoms with Gasteiger partial charge in [0.15, 0.2) is 0 Å². The Bertz CT molecular complexity index is 848. The van der Waals surface area contributed by atoms with Crippen LogP contribution in [0.3, 0.4) is 0 Å². The maximum atomic E-state index is 11.2. The Hall–Kier alpha value is -1.79. The molecule has 0 atom stereocenters. The third kappa shape index (κ3) is 6.13. The highest BCUT2D eigenvalue weighted by Crippen LogP contribution is 2.37. The second kappa shape index (κ2) is 11.7. The van der Waals surface area contributed by atoms with Crippen LogP contribution >= 0.6 is 11.6 Å². The van der Waals surface area contributed by atoms with Crippen LogP contribution in [0.25, 0.3) is 0 Å². The second-order valence-electron chi connectivity index (χ2n) is 7.70. The minimum atomic E-state index is -0.860. The molecule has 0 bridgehead atoms. The average molecular weight is 450 g/mol. The molecule has 0 saturated carbocycles. The van der Waals surface area contributed by atoms with E-state index in [1.165, 1.54) is 11.1 Å². The fourth-order valence-electron chi connectivity index (χ4n) is 3.90. The molecule has 2 aromatic carbocycles. The Morgan fingerprint density at radius 3 is 2.32 bits per heavy atom. The second-order valence-corrected chi connectivity index (χ2v) is 8.11. The summed E-state index contributed by atoms with van der Waals surface area (Å²) in [5.74, 6) is 1.42. The molecule has 0 aromatic heterocycles. The molecular formula is C25H36ClNO4. The Balaban J connectivity index is 0.00000166. The molecule has 1 aliphatic heterocycles. The number of rotatable bonds is 7. The van der Waals surface area contributed by atoms with E-state index < -0.39 is 5.60 Å². The largest absolute Gasteiger partial charge is 0.495 e. The molecule has 1 aliphatic rings. The number of ether oxygens (including phenoxy) is 2. The first-order valence-corrected chi connectivity index (χ1v) is 11.4. The van der Waals surface area contributed by atoms with Crippen LogP contribution < -0.4 is 9.47 Å². The lowest BCUT2D eigenvalue weighted by Crippen LogP contribution is -2.42. The summed E-state index contributed by atoms with van der Waals surface area (Å²) in [6, 6.07) is 9.59. The number of likely N-dealkylation sites (tertiary alicyclic amines) is 1. The van der Waals surface area contributed by atoms with Crippen molar-refractivity contribution >= 4 is 11.6 Å². The van der Waals surface area contributed by atoms with Gasteiger partial charge in [-0.1, -0.05) is 37.6 Å². The maximum Gasteiger partial charge on any atom is 0.137 e. The molecule has 2 N–H and O–H groups in total. The first-order valence-electron chi connectivity index (χ1n) is 11.0. The molecule has 172 valence electrons. The number of halogens is 1. The summed E-state index contributed by atoms with van der Waals surface area (Å²) >= 11 is 6.12. The molecule has 2 aromatic rings. The van der Waals surface area contributed by atoms with Gasteiger partial charge in [-0.2, -0.15) is 0 Å². The topological polar surface area (TPSA) is 62.2 Å². The van der Waals surface area contributed by atoms with Crippen LogP contribution in [0.15, 0.2) is 30.3 Å². The van der Waals surface area contributed by atoms with Crippen LogP contribution in [0.5, 0.6) is 11.5 Å². The van der Waals surface area contributed by atoms with Gasteiger partial charge in [0.05, 0.1) is 24.3 Å². The molecule has 0 unspecified atom stereocenters. The van der Waals surface area contributed by atoms with Crippen molar-refractivity contribution in [3.8, 4) is 11.5 Å². The van der Waals surface area contributed by atoms with Crippen molar-refractivity contribution in [2.24, 2.45) is 0 Å². The summed E-state index contributed by atoms with van der Waals surface area (Å²) in [6.07, 6.45) is 1.32. The van der Waals surface area contributed by atoms with E-state index in [2.05, 4.69) is 24.8 Å². The fourth-order valence-corrected chi connectivity index (χ4v) is 4.09. The van der Waals surface area contributed by atoms with Crippen molar-refractivity contribution in [3.63, 3.8) is 0 Å². The SMILES string of the molecule is CC.COc1cc(C2(O)CCN(Cc3ccc(OCCO)c(C)c3C)CC2)ccc1Cl. The smallest absolute Gasteiger partial charge is 0.137 e. The van der Waals surface area contributed by atoms with Crippen molar-refractivity contribution < 1.29 is 19.7 Å². The van der Waals surface area contributed by atoms with E-state index in [1.807, 2.05) is 32.0 Å². The summed E-state index contributed by atoms with van der Waals surface area (Å²) in [6.45, 7) is 10.9. The van der Waals surface area contributed by atoms with E-state index in [0.717, 1.165) is 36.5 Å². The van der Waals surface area contributed by atoms with E-state index in [4.69, 9.17) is 26.2 Å². The molecule has 1 heterocycles. The summed E-state index contributed by atoms with van der Waals surface area (Å²) in [7, 11) is 1.59. The zero-order chi connectivity index (χ0) is 23.0. The van der Waals surface area contributed by atoms with E-state index >= 15 is 0 Å². The molecule has 0 spiro atoms. The normalized spacial score (nSPS) is 15.7. The van der Waals surface area contributed by atoms with Crippen LogP contribution in [0, 0.1) is 13.8 Å². The zero-order valence-electron chi connectivity index (χ0n) is 19.4. The average Bonchev–Trinajstić information content (AvgIpc) is 2.79. The molecular weight excluding hydrogens is 414 g/mol. The van der Waals surface area contributed by atoms with E-state index in [0.29, 0.717) is 30.2 Å². The van der Waals surface area contributed by atoms with Crippen molar-refractivity contribution in [1.82, 2.24) is 4.90 Å². The monoisotopic (exact) mass is 449 g/mol. The lowest BCUT2D eigenvalue weighted by molar-refractivity contribution is -0.0278. The number of nitrogens with zero attached hydrogens (tertiary/aromatic N) is 1. The predicted octanol–water partition coefficient (Wildman–Crippen LogP) is 4.85. The van der Waals surface area contributed by atoms with Crippen LogP contribution in [-0.4, -0.2) is 48.5 Å². The van der Waals surface area contributed by atoms with Crippen LogP contribution in [0.2, 0.25) is 5.02 Å². The van der Waals surface area contributed by atoms with Gasteiger partial charge >= 0.3 is 0 Å². The highest BCUT2D eigenvalue weighted by molar-refractivity contribution is 6.32. The van der Waals surface area contributed by atoms with Gasteiger partial charge in [-0.15, -0.1) is 0 Å². The Kier molecular flexibility index (Phi) is 9.63. The third-order valence-corrected chi connectivity index (χ3v) is 6.28. The number of hydrogen-bond donors (Lipinski definition) is 2. The van der Waals surface area contributed by atoms with Crippen molar-refractivity contribution in [2.45, 2.75) is 52.7 Å². The lowest BCUT2D eigenvalue weighted by Gasteiger charge is -2.39. The minimum absolute atomic E-state index is 0.0103. The van der Waals surface area contributed by atoms with Gasteiger partial charge in [0.2, 0.25) is 0 Å². The Morgan fingerprint density at radius 2 is 1.71 bits per heavy atom. The summed E-state index contributed by atoms with van der Waals surface area (Å²) < 4.78 is 10.9. The predicted molar refractivity (Wildman–Crippen MR) is 126 cm³/mol. The van der Waals surface area contributed by atoms with Gasteiger partial charge in [-0.05, 0) is 67.1 Å². The van der Waals surface area contributed by atoms with Gasteiger partial charge in [0.25, 0.3) is 0 Å². The molecule has 1 saturated heterocycles. The Labute approximate surface area is 191 Å². The van der Waals surface area contributed by atoms with Crippen LogP contribution in [0.1, 0.15) is 48.9 Å². The number of piperidine rings is 1. The number of methoxy groups -OCH3 is 1. The Morgan fingerprint density at radius 1 is 1.03 bits per heavy atom. The van der Waals surface area contributed by atoms with Crippen molar-refractivity contribution in [3.05, 3.63) is 57.6 Å². The van der Waals surface area contributed by atoms with Gasteiger partial charge in [-0.3, -0.25) is 4.90 Å². The first-order chi connectivity index (χ1) is 14.9. The maximum absolute atomic E-state index is 11.2. The molecule has 0 aliphatic carbocycles. The zero-order valence-corrected chi connectivity index (χ0v) is 20.1. The summed E-state index contributed by atoms with van der Waals surface area (Å²) in [4.78, 5) is 2.37. The number of aliphatic hydroxyl groups is 2. The van der Waals surface area contributed by atoms with Crippen LogP contribution in [-0.2, 0) is 12.1 Å². The molecule has 6 heteroatoms. The summed E-state index contributed by atoms with van der Waals surface area (Å²) in [5, 5.41) is 20.7. The van der Waals surface area contributed by atoms with Gasteiger partial charge in [0, 0.05) is 19.6 Å². The van der Waals surface area contributed by atoms with Gasteiger partial charge < -0.3 is 19.7 Å². The van der Waals surface area contributed by atoms with E-state index in [1.54, 1.807) is 13.2 Å². The molecule has 1 fully saturated rings. The molecule has 0 amide bonds. The van der Waals surface area contributed by atoms with Crippen molar-refractivity contribution in [2.75, 3.05) is 33.4 Å². The lowest BCUT2D eigenvalue weighted by atomic mass is 9.84. The number of hydrogen-bond acceptors (Lipinski definition) is 5. The fraction of sp³-hybridized carbons (Fsp3) is 0.520. The van der Waals surface area contributed by atoms with E-state index in [-0.39, 0.29) is 6.61 Å². The quantitative estimate of drug-likeness (QED) is 0.632. The first kappa shape index (κ1) is 25.5.